The van der Waals surface area contributed by atoms with Crippen LogP contribution in [0.4, 0.5) is 0 Å². The van der Waals surface area contributed by atoms with E-state index in [4.69, 9.17) is 5.73 Å². The highest BCUT2D eigenvalue weighted by Gasteiger charge is 2.22. The first-order chi connectivity index (χ1) is 9.08. The lowest BCUT2D eigenvalue weighted by Crippen LogP contribution is -2.34. The predicted molar refractivity (Wildman–Crippen MR) is 74.7 cm³/mol. The van der Waals surface area contributed by atoms with Crippen LogP contribution in [-0.4, -0.2) is 25.5 Å². The minimum Gasteiger partial charge on any atom is -0.469 e. The number of esters is 1. The molecule has 6 heteroatoms. The van der Waals surface area contributed by atoms with Gasteiger partial charge in [0.15, 0.2) is 0 Å². The van der Waals surface area contributed by atoms with Gasteiger partial charge in [-0.1, -0.05) is 13.0 Å². The monoisotopic (exact) mass is 284 g/mol. The van der Waals surface area contributed by atoms with Gasteiger partial charge in [0.2, 0.25) is 5.91 Å². The minimum absolute atomic E-state index is 0.0900. The first kappa shape index (κ1) is 15.7. The molecule has 5 nitrogen and oxygen atoms in total. The second-order valence-electron chi connectivity index (χ2n) is 4.34. The van der Waals surface area contributed by atoms with E-state index in [0.29, 0.717) is 13.0 Å². The molecule has 0 saturated carbocycles. The fourth-order valence-electron chi connectivity index (χ4n) is 1.66. The summed E-state index contributed by atoms with van der Waals surface area (Å²) in [4.78, 5) is 24.3. The third-order valence-corrected chi connectivity index (χ3v) is 3.83. The van der Waals surface area contributed by atoms with E-state index in [9.17, 15) is 9.59 Å². The van der Waals surface area contributed by atoms with E-state index in [1.165, 1.54) is 18.4 Å². The number of nitrogens with two attached hydrogens (primary N) is 1. The lowest BCUT2D eigenvalue weighted by atomic mass is 10.1. The van der Waals surface area contributed by atoms with E-state index < -0.39 is 0 Å². The van der Waals surface area contributed by atoms with Crippen molar-refractivity contribution in [2.45, 2.75) is 25.8 Å². The Morgan fingerprint density at radius 1 is 1.53 bits per heavy atom. The van der Waals surface area contributed by atoms with Gasteiger partial charge in [0, 0.05) is 10.8 Å². The number of ether oxygens (including phenoxy) is 1. The van der Waals surface area contributed by atoms with Gasteiger partial charge in [-0.15, -0.1) is 11.3 Å². The van der Waals surface area contributed by atoms with Crippen LogP contribution in [0.2, 0.25) is 0 Å². The first-order valence-electron chi connectivity index (χ1n) is 6.19. The van der Waals surface area contributed by atoms with Crippen molar-refractivity contribution in [2.24, 2.45) is 11.7 Å². The molecule has 0 aromatic carbocycles. The molecule has 0 fully saturated rings. The Hall–Kier alpha value is -1.40. The zero-order chi connectivity index (χ0) is 14.3. The Morgan fingerprint density at radius 2 is 2.26 bits per heavy atom. The van der Waals surface area contributed by atoms with Crippen molar-refractivity contribution in [3.8, 4) is 0 Å². The Morgan fingerprint density at radius 3 is 2.79 bits per heavy atom. The van der Waals surface area contributed by atoms with Gasteiger partial charge in [0.25, 0.3) is 0 Å². The molecule has 1 amide bonds. The minimum atomic E-state index is -0.342. The average Bonchev–Trinajstić information content (AvgIpc) is 2.91. The molecule has 0 bridgehead atoms. The molecule has 0 aliphatic rings. The fourth-order valence-corrected chi connectivity index (χ4v) is 2.44. The van der Waals surface area contributed by atoms with Crippen LogP contribution in [0.25, 0.3) is 0 Å². The molecule has 2 unspecified atom stereocenters. The number of methoxy groups -OCH3 is 1. The molecule has 0 aliphatic heterocycles. The van der Waals surface area contributed by atoms with Gasteiger partial charge in [0.05, 0.1) is 19.6 Å². The number of nitrogens with one attached hydrogen (secondary N) is 1. The van der Waals surface area contributed by atoms with E-state index in [2.05, 4.69) is 10.1 Å². The summed E-state index contributed by atoms with van der Waals surface area (Å²) in [6.45, 7) is 2.29. The lowest BCUT2D eigenvalue weighted by Gasteiger charge is -2.19. The van der Waals surface area contributed by atoms with E-state index in [1.807, 2.05) is 24.4 Å². The van der Waals surface area contributed by atoms with E-state index in [-0.39, 0.29) is 30.3 Å². The van der Waals surface area contributed by atoms with Gasteiger partial charge in [-0.2, -0.15) is 0 Å². The summed E-state index contributed by atoms with van der Waals surface area (Å²) < 4.78 is 4.66. The largest absolute Gasteiger partial charge is 0.469 e. The van der Waals surface area contributed by atoms with Crippen LogP contribution < -0.4 is 11.1 Å². The molecule has 0 saturated heterocycles. The Labute approximate surface area is 117 Å². The normalized spacial score (nSPS) is 13.6. The van der Waals surface area contributed by atoms with E-state index in [0.717, 1.165) is 4.88 Å². The highest BCUT2D eigenvalue weighted by Crippen LogP contribution is 2.23. The van der Waals surface area contributed by atoms with Gasteiger partial charge in [0.1, 0.15) is 0 Å². The number of rotatable bonds is 7. The Balaban J connectivity index is 2.69. The number of thiophene rings is 1. The van der Waals surface area contributed by atoms with Gasteiger partial charge < -0.3 is 15.8 Å². The summed E-state index contributed by atoms with van der Waals surface area (Å²) in [5.41, 5.74) is 5.44. The molecule has 1 aromatic heterocycles. The molecular weight excluding hydrogens is 264 g/mol. The molecule has 19 heavy (non-hydrogen) atoms. The zero-order valence-electron chi connectivity index (χ0n) is 11.2. The predicted octanol–water partition coefficient (Wildman–Crippen LogP) is 1.45. The Bertz CT molecular complexity index is 406. The van der Waals surface area contributed by atoms with Crippen LogP contribution >= 0.6 is 11.3 Å². The number of carbonyl (C=O) groups excluding carboxylic acids is 2. The summed E-state index contributed by atoms with van der Waals surface area (Å²) in [7, 11) is 1.34. The zero-order valence-corrected chi connectivity index (χ0v) is 12.0. The van der Waals surface area contributed by atoms with Crippen molar-refractivity contribution in [1.29, 1.82) is 0 Å². The van der Waals surface area contributed by atoms with Crippen molar-refractivity contribution in [2.75, 3.05) is 13.7 Å². The third-order valence-electron chi connectivity index (χ3n) is 2.85. The number of carbonyl (C=O) groups is 2. The van der Waals surface area contributed by atoms with Crippen molar-refractivity contribution < 1.29 is 14.3 Å². The average molecular weight is 284 g/mol. The van der Waals surface area contributed by atoms with Crippen LogP contribution in [0.1, 0.15) is 30.7 Å². The van der Waals surface area contributed by atoms with Gasteiger partial charge in [-0.05, 0) is 24.4 Å². The molecule has 1 aromatic rings. The molecule has 106 valence electrons. The summed E-state index contributed by atoms with van der Waals surface area (Å²) in [5.74, 6) is -0.594. The van der Waals surface area contributed by atoms with Crippen molar-refractivity contribution in [3.05, 3.63) is 22.4 Å². The van der Waals surface area contributed by atoms with Gasteiger partial charge >= 0.3 is 5.97 Å². The number of hydrogen-bond donors (Lipinski definition) is 2. The number of hydrogen-bond acceptors (Lipinski definition) is 5. The second-order valence-corrected chi connectivity index (χ2v) is 5.31. The van der Waals surface area contributed by atoms with Crippen molar-refractivity contribution in [1.82, 2.24) is 5.32 Å². The summed E-state index contributed by atoms with van der Waals surface area (Å²) in [6.07, 6.45) is 0.763. The van der Waals surface area contributed by atoms with Crippen LogP contribution in [0, 0.1) is 5.92 Å². The molecular formula is C13H20N2O3S. The maximum Gasteiger partial charge on any atom is 0.307 e. The van der Waals surface area contributed by atoms with E-state index in [1.54, 1.807) is 0 Å². The first-order valence-corrected chi connectivity index (χ1v) is 7.07. The molecule has 1 rings (SSSR count). The molecule has 0 aliphatic carbocycles. The van der Waals surface area contributed by atoms with Crippen LogP contribution in [0.3, 0.4) is 0 Å². The van der Waals surface area contributed by atoms with Gasteiger partial charge in [-0.25, -0.2) is 0 Å². The quantitative estimate of drug-likeness (QED) is 0.743. The topological polar surface area (TPSA) is 81.4 Å². The van der Waals surface area contributed by atoms with Gasteiger partial charge in [-0.3, -0.25) is 9.59 Å². The Kier molecular flexibility index (Phi) is 6.52. The van der Waals surface area contributed by atoms with Crippen molar-refractivity contribution in [3.63, 3.8) is 0 Å². The molecule has 1 heterocycles. The highest BCUT2D eigenvalue weighted by atomic mass is 32.1. The smallest absolute Gasteiger partial charge is 0.307 e. The van der Waals surface area contributed by atoms with Crippen LogP contribution in [0.5, 0.6) is 0 Å². The van der Waals surface area contributed by atoms with Crippen LogP contribution in [0.15, 0.2) is 17.5 Å². The maximum absolute atomic E-state index is 12.0. The third kappa shape index (κ3) is 5.00. The van der Waals surface area contributed by atoms with Crippen LogP contribution in [-0.2, 0) is 14.3 Å². The molecule has 2 atom stereocenters. The number of amides is 1. The lowest BCUT2D eigenvalue weighted by molar-refractivity contribution is -0.141. The molecule has 0 radical (unpaired) electrons. The standard InChI is InChI=1S/C13H20N2O3S/c1-9(5-6-14)13(17)15-10(8-12(16)18-2)11-4-3-7-19-11/h3-4,7,9-10H,5-6,8,14H2,1-2H3,(H,15,17). The summed E-state index contributed by atoms with van der Waals surface area (Å²) in [5, 5.41) is 4.80. The molecule has 3 N–H and O–H groups in total. The SMILES string of the molecule is COC(=O)CC(NC(=O)C(C)CCN)c1cccs1. The fraction of sp³-hybridized carbons (Fsp3) is 0.538. The second kappa shape index (κ2) is 7.91. The summed E-state index contributed by atoms with van der Waals surface area (Å²) in [6, 6.07) is 3.45. The van der Waals surface area contributed by atoms with E-state index >= 15 is 0 Å². The van der Waals surface area contributed by atoms with Crippen molar-refractivity contribution >= 4 is 23.2 Å². The maximum atomic E-state index is 12.0. The highest BCUT2D eigenvalue weighted by molar-refractivity contribution is 7.10. The summed E-state index contributed by atoms with van der Waals surface area (Å²) >= 11 is 1.50. The molecule has 0 spiro atoms.